The normalized spacial score (nSPS) is 31.2. The predicted molar refractivity (Wildman–Crippen MR) is 90.0 cm³/mol. The van der Waals surface area contributed by atoms with Crippen molar-refractivity contribution in [3.05, 3.63) is 0 Å². The zero-order chi connectivity index (χ0) is 17.7. The summed E-state index contributed by atoms with van der Waals surface area (Å²) in [6.45, 7) is 6.02. The van der Waals surface area contributed by atoms with Gasteiger partial charge in [-0.05, 0) is 37.0 Å². The summed E-state index contributed by atoms with van der Waals surface area (Å²) in [4.78, 5) is 42.1. The first kappa shape index (κ1) is 17.2. The van der Waals surface area contributed by atoms with E-state index in [9.17, 15) is 14.4 Å². The third-order valence-corrected chi connectivity index (χ3v) is 6.83. The highest BCUT2D eigenvalue weighted by atomic mass is 16.2. The van der Waals surface area contributed by atoms with Gasteiger partial charge < -0.3 is 14.7 Å². The van der Waals surface area contributed by atoms with Gasteiger partial charge in [0.25, 0.3) is 0 Å². The molecule has 134 valence electrons. The van der Waals surface area contributed by atoms with E-state index >= 15 is 0 Å². The summed E-state index contributed by atoms with van der Waals surface area (Å²) >= 11 is 0. The van der Waals surface area contributed by atoms with Crippen molar-refractivity contribution >= 4 is 17.7 Å². The topological polar surface area (TPSA) is 60.9 Å². The van der Waals surface area contributed by atoms with Crippen LogP contribution in [0, 0.1) is 16.7 Å². The fraction of sp³-hybridized carbons (Fsp3) is 0.833. The second-order valence-corrected chi connectivity index (χ2v) is 8.18. The van der Waals surface area contributed by atoms with Crippen molar-refractivity contribution in [2.45, 2.75) is 39.5 Å². The number of hydrogen-bond acceptors (Lipinski definition) is 3. The quantitative estimate of drug-likeness (QED) is 0.717. The van der Waals surface area contributed by atoms with Gasteiger partial charge in [-0.2, -0.15) is 0 Å². The van der Waals surface area contributed by atoms with E-state index in [1.54, 1.807) is 18.7 Å². The highest BCUT2D eigenvalue weighted by Crippen LogP contribution is 2.62. The van der Waals surface area contributed by atoms with Crippen LogP contribution in [0.25, 0.3) is 0 Å². The van der Waals surface area contributed by atoms with Crippen LogP contribution in [0.1, 0.15) is 39.5 Å². The van der Waals surface area contributed by atoms with Gasteiger partial charge >= 0.3 is 0 Å². The van der Waals surface area contributed by atoms with Crippen molar-refractivity contribution in [2.75, 3.05) is 40.3 Å². The maximum Gasteiger partial charge on any atom is 0.230 e. The van der Waals surface area contributed by atoms with Crippen molar-refractivity contribution in [3.8, 4) is 0 Å². The molecular weight excluding hydrogens is 306 g/mol. The van der Waals surface area contributed by atoms with Crippen LogP contribution in [0.2, 0.25) is 0 Å². The molecule has 0 radical (unpaired) electrons. The molecule has 1 saturated carbocycles. The summed E-state index contributed by atoms with van der Waals surface area (Å²) in [5.41, 5.74) is -0.324. The second-order valence-electron chi connectivity index (χ2n) is 8.18. The highest BCUT2D eigenvalue weighted by molar-refractivity contribution is 5.86. The molecule has 2 heterocycles. The number of amides is 3. The van der Waals surface area contributed by atoms with E-state index in [0.717, 1.165) is 38.8 Å². The summed E-state index contributed by atoms with van der Waals surface area (Å²) in [6.07, 6.45) is 3.80. The average molecular weight is 335 g/mol. The monoisotopic (exact) mass is 335 g/mol. The van der Waals surface area contributed by atoms with Gasteiger partial charge in [0.2, 0.25) is 17.7 Å². The lowest BCUT2D eigenvalue weighted by molar-refractivity contribution is -0.142. The molecule has 3 rings (SSSR count). The second kappa shape index (κ2) is 5.74. The van der Waals surface area contributed by atoms with Crippen LogP contribution in [0.4, 0.5) is 0 Å². The van der Waals surface area contributed by atoms with E-state index in [4.69, 9.17) is 0 Å². The molecule has 0 bridgehead atoms. The Labute approximate surface area is 144 Å². The highest BCUT2D eigenvalue weighted by Gasteiger charge is 2.65. The zero-order valence-corrected chi connectivity index (χ0v) is 15.3. The van der Waals surface area contributed by atoms with Gasteiger partial charge in [-0.1, -0.05) is 0 Å². The first-order valence-electron chi connectivity index (χ1n) is 8.95. The van der Waals surface area contributed by atoms with Crippen molar-refractivity contribution in [2.24, 2.45) is 16.7 Å². The van der Waals surface area contributed by atoms with Crippen molar-refractivity contribution < 1.29 is 14.4 Å². The number of likely N-dealkylation sites (tertiary alicyclic amines) is 2. The van der Waals surface area contributed by atoms with Gasteiger partial charge in [0.15, 0.2) is 0 Å². The predicted octanol–water partition coefficient (Wildman–Crippen LogP) is 0.962. The Kier molecular flexibility index (Phi) is 4.12. The Balaban J connectivity index is 1.89. The minimum absolute atomic E-state index is 0.0617. The van der Waals surface area contributed by atoms with Crippen LogP contribution in [-0.2, 0) is 14.4 Å². The SMILES string of the molecule is CC(=O)N1CCC2(CC1)CC[C@@]1(C(=O)N(C)C)CN(C(C)=O)C[C@@H]21. The lowest BCUT2D eigenvalue weighted by Crippen LogP contribution is -2.49. The largest absolute Gasteiger partial charge is 0.348 e. The molecule has 1 spiro atoms. The summed E-state index contributed by atoms with van der Waals surface area (Å²) in [6, 6.07) is 0. The van der Waals surface area contributed by atoms with E-state index in [1.165, 1.54) is 0 Å². The third-order valence-electron chi connectivity index (χ3n) is 6.83. The first-order chi connectivity index (χ1) is 11.2. The van der Waals surface area contributed by atoms with Gasteiger partial charge in [-0.15, -0.1) is 0 Å². The summed E-state index contributed by atoms with van der Waals surface area (Å²) in [5.74, 6) is 0.585. The molecule has 0 aromatic heterocycles. The van der Waals surface area contributed by atoms with Gasteiger partial charge in [0.1, 0.15) is 0 Å². The zero-order valence-electron chi connectivity index (χ0n) is 15.3. The molecule has 0 unspecified atom stereocenters. The number of fused-ring (bicyclic) bond motifs is 2. The number of piperidine rings is 1. The molecule has 0 aromatic rings. The summed E-state index contributed by atoms with van der Waals surface area (Å²) in [5, 5.41) is 0. The molecular formula is C18H29N3O3. The molecule has 2 saturated heterocycles. The summed E-state index contributed by atoms with van der Waals surface area (Å²) in [7, 11) is 3.63. The van der Waals surface area contributed by atoms with Gasteiger partial charge in [0.05, 0.1) is 5.41 Å². The van der Waals surface area contributed by atoms with E-state index in [-0.39, 0.29) is 29.1 Å². The Hall–Kier alpha value is -1.59. The Morgan fingerprint density at radius 1 is 0.917 bits per heavy atom. The van der Waals surface area contributed by atoms with Crippen LogP contribution in [0.3, 0.4) is 0 Å². The third kappa shape index (κ3) is 2.42. The number of hydrogen-bond donors (Lipinski definition) is 0. The fourth-order valence-electron chi connectivity index (χ4n) is 5.46. The maximum absolute atomic E-state index is 13.0. The van der Waals surface area contributed by atoms with Crippen molar-refractivity contribution in [1.82, 2.24) is 14.7 Å². The number of nitrogens with zero attached hydrogens (tertiary/aromatic N) is 3. The standard InChI is InChI=1S/C18H29N3O3/c1-13(22)20-9-7-17(8-10-20)5-6-18(16(24)19(3)4)12-21(14(2)23)11-15(17)18/h15H,5-12H2,1-4H3/t15-,18+/m0/s1. The Bertz CT molecular complexity index is 566. The summed E-state index contributed by atoms with van der Waals surface area (Å²) < 4.78 is 0. The van der Waals surface area contributed by atoms with E-state index in [1.807, 2.05) is 23.9 Å². The van der Waals surface area contributed by atoms with Crippen LogP contribution >= 0.6 is 0 Å². The number of rotatable bonds is 1. The molecule has 2 atom stereocenters. The smallest absolute Gasteiger partial charge is 0.230 e. The number of carbonyl (C=O) groups is 3. The van der Waals surface area contributed by atoms with Crippen molar-refractivity contribution in [3.63, 3.8) is 0 Å². The molecule has 6 nitrogen and oxygen atoms in total. The Morgan fingerprint density at radius 2 is 1.50 bits per heavy atom. The lowest BCUT2D eigenvalue weighted by atomic mass is 9.65. The van der Waals surface area contributed by atoms with Crippen LogP contribution < -0.4 is 0 Å². The van der Waals surface area contributed by atoms with Crippen LogP contribution in [0.5, 0.6) is 0 Å². The van der Waals surface area contributed by atoms with E-state index < -0.39 is 5.41 Å². The van der Waals surface area contributed by atoms with Gasteiger partial charge in [0, 0.05) is 54.1 Å². The van der Waals surface area contributed by atoms with Crippen LogP contribution in [0.15, 0.2) is 0 Å². The molecule has 6 heteroatoms. The molecule has 3 fully saturated rings. The fourth-order valence-corrected chi connectivity index (χ4v) is 5.46. The molecule has 3 aliphatic rings. The molecule has 24 heavy (non-hydrogen) atoms. The van der Waals surface area contributed by atoms with E-state index in [2.05, 4.69) is 0 Å². The minimum Gasteiger partial charge on any atom is -0.348 e. The molecule has 1 aliphatic carbocycles. The van der Waals surface area contributed by atoms with Gasteiger partial charge in [-0.25, -0.2) is 0 Å². The Morgan fingerprint density at radius 3 is 2.00 bits per heavy atom. The van der Waals surface area contributed by atoms with Crippen molar-refractivity contribution in [1.29, 1.82) is 0 Å². The number of carbonyl (C=O) groups excluding carboxylic acids is 3. The average Bonchev–Trinajstić information content (AvgIpc) is 3.05. The van der Waals surface area contributed by atoms with Crippen LogP contribution in [-0.4, -0.2) is 72.7 Å². The van der Waals surface area contributed by atoms with Gasteiger partial charge in [-0.3, -0.25) is 14.4 Å². The lowest BCUT2D eigenvalue weighted by Gasteiger charge is -2.44. The maximum atomic E-state index is 13.0. The minimum atomic E-state index is -0.423. The molecule has 2 aliphatic heterocycles. The molecule has 3 amide bonds. The molecule has 0 N–H and O–H groups in total. The molecule has 0 aromatic carbocycles. The van der Waals surface area contributed by atoms with E-state index in [0.29, 0.717) is 13.1 Å². The first-order valence-corrected chi connectivity index (χ1v) is 8.95.